The Morgan fingerprint density at radius 1 is 1.00 bits per heavy atom. The van der Waals surface area contributed by atoms with Crippen LogP contribution in [0, 0.1) is 59.1 Å². The average Bonchev–Trinajstić information content (AvgIpc) is 3.80. The second-order valence-corrected chi connectivity index (χ2v) is 14.2. The van der Waals surface area contributed by atoms with Crippen molar-refractivity contribution in [2.24, 2.45) is 57.7 Å². The SMILES string of the molecule is CCCCCC1=CNC(C2=C[C@@H]3C4C5C6C(C7C4C7C(F)(F)C56)[C@@H]3N(Cc3ccc(F)cc3)C2=O)=NS1(=O)=O. The summed E-state index contributed by atoms with van der Waals surface area (Å²) in [5, 5.41) is 2.98. The fourth-order valence-corrected chi connectivity index (χ4v) is 10.7. The molecule has 6 unspecified atom stereocenters. The summed E-state index contributed by atoms with van der Waals surface area (Å²) < 4.78 is 74.0. The van der Waals surface area contributed by atoms with Crippen molar-refractivity contribution in [3.8, 4) is 0 Å². The minimum Gasteiger partial charge on any atom is -0.344 e. The summed E-state index contributed by atoms with van der Waals surface area (Å²) in [6.07, 6.45) is 6.26. The van der Waals surface area contributed by atoms with E-state index < -0.39 is 27.8 Å². The number of hydrogen-bond acceptors (Lipinski definition) is 4. The van der Waals surface area contributed by atoms with Crippen molar-refractivity contribution in [3.05, 3.63) is 58.4 Å². The molecule has 2 aliphatic heterocycles. The molecule has 2 heterocycles. The van der Waals surface area contributed by atoms with Gasteiger partial charge in [-0.1, -0.05) is 38.0 Å². The van der Waals surface area contributed by atoms with Gasteiger partial charge in [-0.3, -0.25) is 4.79 Å². The number of hydrogen-bond donors (Lipinski definition) is 1. The van der Waals surface area contributed by atoms with Gasteiger partial charge in [0.05, 0.1) is 10.5 Å². The van der Waals surface area contributed by atoms with Crippen molar-refractivity contribution in [2.45, 2.75) is 51.1 Å². The molecule has 206 valence electrons. The number of rotatable bonds is 7. The number of carbonyl (C=O) groups excluding carboxylic acids is 1. The normalized spacial score (nSPS) is 42.6. The molecular formula is C29H30F3N3O3S. The Kier molecular flexibility index (Phi) is 4.82. The van der Waals surface area contributed by atoms with Crippen LogP contribution in [0.1, 0.15) is 38.2 Å². The Labute approximate surface area is 225 Å². The van der Waals surface area contributed by atoms with E-state index in [0.717, 1.165) is 24.8 Å². The predicted octanol–water partition coefficient (Wildman–Crippen LogP) is 4.47. The Hall–Kier alpha value is -2.62. The van der Waals surface area contributed by atoms with Crippen molar-refractivity contribution < 1.29 is 26.4 Å². The summed E-state index contributed by atoms with van der Waals surface area (Å²) in [6.45, 7) is 2.25. The van der Waals surface area contributed by atoms with E-state index in [1.54, 1.807) is 17.0 Å². The monoisotopic (exact) mass is 557 g/mol. The summed E-state index contributed by atoms with van der Waals surface area (Å²) >= 11 is 0. The van der Waals surface area contributed by atoms with Crippen LogP contribution in [0.15, 0.2) is 51.4 Å². The van der Waals surface area contributed by atoms with Gasteiger partial charge < -0.3 is 10.2 Å². The quantitative estimate of drug-likeness (QED) is 0.502. The molecule has 8 atom stereocenters. The molecule has 0 spiro atoms. The lowest BCUT2D eigenvalue weighted by Gasteiger charge is -2.53. The minimum absolute atomic E-state index is 0.00146. The van der Waals surface area contributed by atoms with Gasteiger partial charge in [0, 0.05) is 36.5 Å². The van der Waals surface area contributed by atoms with Crippen molar-refractivity contribution in [1.29, 1.82) is 0 Å². The van der Waals surface area contributed by atoms with Crippen LogP contribution in [-0.2, 0) is 21.4 Å². The third-order valence-electron chi connectivity index (χ3n) is 10.8. The highest BCUT2D eigenvalue weighted by Gasteiger charge is 2.93. The van der Waals surface area contributed by atoms with Gasteiger partial charge in [0.1, 0.15) is 5.82 Å². The van der Waals surface area contributed by atoms with Gasteiger partial charge in [0.2, 0.25) is 0 Å². The van der Waals surface area contributed by atoms with Gasteiger partial charge in [-0.05, 0) is 66.0 Å². The van der Waals surface area contributed by atoms with Crippen molar-refractivity contribution in [3.63, 3.8) is 0 Å². The first-order valence-corrected chi connectivity index (χ1v) is 15.5. The van der Waals surface area contributed by atoms with E-state index in [1.165, 1.54) is 18.3 Å². The van der Waals surface area contributed by atoms with E-state index in [9.17, 15) is 17.6 Å². The van der Waals surface area contributed by atoms with E-state index in [4.69, 9.17) is 0 Å². The number of unbranched alkanes of at least 4 members (excludes halogenated alkanes) is 2. The Morgan fingerprint density at radius 3 is 2.31 bits per heavy atom. The summed E-state index contributed by atoms with van der Waals surface area (Å²) in [5.41, 5.74) is 0.929. The van der Waals surface area contributed by atoms with Crippen LogP contribution in [0.25, 0.3) is 0 Å². The number of sulfonamides is 1. The Bertz CT molecular complexity index is 1460. The summed E-state index contributed by atoms with van der Waals surface area (Å²) in [6, 6.07) is 5.74. The van der Waals surface area contributed by atoms with Crippen LogP contribution in [-0.4, -0.2) is 37.0 Å². The molecule has 39 heavy (non-hydrogen) atoms. The summed E-state index contributed by atoms with van der Waals surface area (Å²) in [7, 11) is -3.93. The molecule has 10 heteroatoms. The number of alkyl halides is 2. The molecule has 1 N–H and O–H groups in total. The minimum atomic E-state index is -3.93. The van der Waals surface area contributed by atoms with Crippen LogP contribution in [0.3, 0.4) is 0 Å². The molecular weight excluding hydrogens is 527 g/mol. The Morgan fingerprint density at radius 2 is 1.67 bits per heavy atom. The number of amidine groups is 1. The van der Waals surface area contributed by atoms with Gasteiger partial charge in [0.25, 0.3) is 21.9 Å². The smallest absolute Gasteiger partial charge is 0.281 e. The van der Waals surface area contributed by atoms with Crippen molar-refractivity contribution >= 4 is 21.8 Å². The van der Waals surface area contributed by atoms with E-state index in [0.29, 0.717) is 6.42 Å². The topological polar surface area (TPSA) is 78.8 Å². The maximum atomic E-state index is 15.1. The zero-order valence-corrected chi connectivity index (χ0v) is 22.3. The third-order valence-corrected chi connectivity index (χ3v) is 12.2. The van der Waals surface area contributed by atoms with Gasteiger partial charge >= 0.3 is 0 Å². The second kappa shape index (κ2) is 7.77. The summed E-state index contributed by atoms with van der Waals surface area (Å²) in [5.74, 6) is -4.74. The third kappa shape index (κ3) is 3.12. The molecule has 8 bridgehead atoms. The fourth-order valence-electron chi connectivity index (χ4n) is 9.55. The summed E-state index contributed by atoms with van der Waals surface area (Å²) in [4.78, 5) is 16.0. The highest BCUT2D eigenvalue weighted by Crippen LogP contribution is 2.90. The molecule has 0 radical (unpaired) electrons. The zero-order valence-electron chi connectivity index (χ0n) is 21.4. The largest absolute Gasteiger partial charge is 0.344 e. The number of amides is 1. The molecule has 1 aromatic rings. The fraction of sp³-hybridized carbons (Fsp3) is 0.586. The number of carbonyl (C=O) groups is 1. The molecule has 7 aliphatic carbocycles. The number of nitrogens with one attached hydrogen (secondary N) is 1. The van der Waals surface area contributed by atoms with Gasteiger partial charge in [-0.25, -0.2) is 13.2 Å². The zero-order chi connectivity index (χ0) is 27.0. The van der Waals surface area contributed by atoms with Crippen LogP contribution in [0.5, 0.6) is 0 Å². The van der Waals surface area contributed by atoms with Gasteiger partial charge in [-0.2, -0.15) is 8.42 Å². The molecule has 0 saturated heterocycles. The number of halogens is 3. The maximum absolute atomic E-state index is 15.1. The first-order valence-electron chi connectivity index (χ1n) is 14.1. The highest BCUT2D eigenvalue weighted by molar-refractivity contribution is 7.94. The first kappa shape index (κ1) is 24.2. The molecule has 7 saturated carbocycles. The number of nitrogens with zero attached hydrogens (tertiary/aromatic N) is 2. The van der Waals surface area contributed by atoms with E-state index in [1.807, 2.05) is 13.0 Å². The average molecular weight is 558 g/mol. The van der Waals surface area contributed by atoms with Gasteiger partial charge in [-0.15, -0.1) is 4.40 Å². The highest BCUT2D eigenvalue weighted by atomic mass is 32.2. The molecule has 7 fully saturated rings. The standard InChI is InChI=1S/C29H30F3N3O3S/c1-2-3-4-5-15-11-33-27(34-39(15,37)38)17-10-16-18-19-21-23(22-20(18)25(22)29(31,32)24(19)21)26(16)35(28(17)36)12-13-6-8-14(30)9-7-13/h6-11,16,18-26H,2-5,12H2,1H3,(H,33,34)/t16-,18?,19?,20?,21?,22?,23?,24?,25?,26-/m1/s1. The second-order valence-electron chi connectivity index (χ2n) is 12.5. The van der Waals surface area contributed by atoms with Crippen LogP contribution in [0.2, 0.25) is 0 Å². The van der Waals surface area contributed by atoms with Crippen molar-refractivity contribution in [2.75, 3.05) is 0 Å². The molecule has 10 rings (SSSR count). The first-order chi connectivity index (χ1) is 18.6. The number of benzene rings is 1. The van der Waals surface area contributed by atoms with E-state index in [-0.39, 0.29) is 82.1 Å². The predicted molar refractivity (Wildman–Crippen MR) is 137 cm³/mol. The Balaban J connectivity index is 1.17. The van der Waals surface area contributed by atoms with Crippen LogP contribution < -0.4 is 5.32 Å². The molecule has 1 aromatic carbocycles. The van der Waals surface area contributed by atoms with Crippen molar-refractivity contribution in [1.82, 2.24) is 10.2 Å². The van der Waals surface area contributed by atoms with Crippen LogP contribution in [0.4, 0.5) is 13.2 Å². The molecule has 9 aliphatic rings. The van der Waals surface area contributed by atoms with E-state index >= 15 is 8.78 Å². The molecule has 6 nitrogen and oxygen atoms in total. The van der Waals surface area contributed by atoms with Crippen LogP contribution >= 0.6 is 0 Å². The maximum Gasteiger partial charge on any atom is 0.281 e. The lowest BCUT2D eigenvalue weighted by molar-refractivity contribution is -0.138. The van der Waals surface area contributed by atoms with E-state index in [2.05, 4.69) is 9.71 Å². The number of allylic oxidation sites excluding steroid dienone is 1. The lowest BCUT2D eigenvalue weighted by Crippen LogP contribution is -2.60. The molecule has 0 aromatic heterocycles. The lowest BCUT2D eigenvalue weighted by atomic mass is 9.59. The molecule has 1 amide bonds. The van der Waals surface area contributed by atoms with Gasteiger partial charge in [0.15, 0.2) is 5.84 Å².